The number of hydrogen-bond donors (Lipinski definition) is 2. The van der Waals surface area contributed by atoms with Crippen molar-refractivity contribution in [3.63, 3.8) is 0 Å². The van der Waals surface area contributed by atoms with Gasteiger partial charge in [0.2, 0.25) is 0 Å². The Morgan fingerprint density at radius 1 is 1.28 bits per heavy atom. The lowest BCUT2D eigenvalue weighted by Gasteiger charge is -2.48. The van der Waals surface area contributed by atoms with Crippen molar-refractivity contribution in [3.8, 4) is 0 Å². The highest BCUT2D eigenvalue weighted by molar-refractivity contribution is 8.00. The Bertz CT molecular complexity index is 796. The largest absolute Gasteiger partial charge is 0.392 e. The maximum absolute atomic E-state index is 13.8. The van der Waals surface area contributed by atoms with Gasteiger partial charge < -0.3 is 10.0 Å². The van der Waals surface area contributed by atoms with Crippen LogP contribution in [0.25, 0.3) is 0 Å². The second kappa shape index (κ2) is 7.24. The number of aliphatic hydroxyl groups is 1. The number of hydrogen-bond acceptors (Lipinski definition) is 4. The maximum Gasteiger partial charge on any atom is 0.265 e. The number of anilines is 1. The zero-order valence-corrected chi connectivity index (χ0v) is 18.4. The predicted octanol–water partition coefficient (Wildman–Crippen LogP) is 2.89. The van der Waals surface area contributed by atoms with Crippen LogP contribution in [-0.2, 0) is 10.1 Å². The fraction of sp³-hybridized carbons (Fsp3) is 0.762. The van der Waals surface area contributed by atoms with Crippen LogP contribution in [0.3, 0.4) is 0 Å². The molecule has 0 amide bonds. The summed E-state index contributed by atoms with van der Waals surface area (Å²) in [6.45, 7) is 7.13. The molecule has 29 heavy (non-hydrogen) atoms. The van der Waals surface area contributed by atoms with Gasteiger partial charge in [-0.25, -0.2) is 18.1 Å². The topological polar surface area (TPSA) is 56.7 Å². The second-order valence-electron chi connectivity index (χ2n) is 9.77. The Labute approximate surface area is 173 Å². The molecule has 3 atom stereocenters. The molecule has 0 radical (unpaired) electrons. The summed E-state index contributed by atoms with van der Waals surface area (Å²) in [4.78, 5) is 6.24. The van der Waals surface area contributed by atoms with Crippen molar-refractivity contribution in [1.82, 2.24) is 9.29 Å². The molecule has 2 heterocycles. The minimum Gasteiger partial charge on any atom is -0.392 e. The van der Waals surface area contributed by atoms with Crippen LogP contribution in [0.15, 0.2) is 18.3 Å². The molecule has 1 saturated heterocycles. The zero-order chi connectivity index (χ0) is 21.0. The standard InChI is InChI=1S/C21H33F2N3O2S/c1-20(2)16-6-7-21(20,17(27)12-16)14-29(3,28)26-10-8-25(9-11-26)18-5-4-15(13-24-18)19(22)23/h4-5,13,16-17,19,27,29H,6-12,14H2,1-3H3/t16-,17?,21-/m1/s1. The smallest absolute Gasteiger partial charge is 0.265 e. The van der Waals surface area contributed by atoms with Crippen LogP contribution >= 0.6 is 0 Å². The van der Waals surface area contributed by atoms with Gasteiger partial charge in [-0.05, 0) is 42.7 Å². The number of nitrogens with zero attached hydrogens (tertiary/aromatic N) is 3. The van der Waals surface area contributed by atoms with Gasteiger partial charge >= 0.3 is 0 Å². The van der Waals surface area contributed by atoms with Crippen LogP contribution in [0.2, 0.25) is 0 Å². The lowest BCUT2D eigenvalue weighted by atomic mass is 9.70. The fourth-order valence-corrected chi connectivity index (χ4v) is 9.15. The molecule has 5 nitrogen and oxygen atoms in total. The average Bonchev–Trinajstić information content (AvgIpc) is 3.02. The molecule has 1 aromatic heterocycles. The first-order valence-electron chi connectivity index (χ1n) is 10.6. The van der Waals surface area contributed by atoms with E-state index in [4.69, 9.17) is 0 Å². The van der Waals surface area contributed by atoms with Crippen LogP contribution in [0.5, 0.6) is 0 Å². The van der Waals surface area contributed by atoms with E-state index in [1.807, 2.05) is 6.26 Å². The summed E-state index contributed by atoms with van der Waals surface area (Å²) in [5.41, 5.74) is -0.292. The molecule has 2 saturated carbocycles. The number of alkyl halides is 2. The molecule has 0 spiro atoms. The molecule has 2 bridgehead atoms. The first-order valence-corrected chi connectivity index (χ1v) is 12.9. The minimum absolute atomic E-state index is 0.0241. The molecule has 2 aliphatic carbocycles. The van der Waals surface area contributed by atoms with Crippen molar-refractivity contribution in [3.05, 3.63) is 23.9 Å². The van der Waals surface area contributed by atoms with Crippen LogP contribution in [-0.4, -0.2) is 62.9 Å². The third-order valence-corrected chi connectivity index (χ3v) is 10.9. The summed E-state index contributed by atoms with van der Waals surface area (Å²) in [5, 5.41) is 10.8. The summed E-state index contributed by atoms with van der Waals surface area (Å²) in [6.07, 6.45) is 3.16. The van der Waals surface area contributed by atoms with E-state index in [-0.39, 0.29) is 22.5 Å². The van der Waals surface area contributed by atoms with Gasteiger partial charge in [0.1, 0.15) is 5.82 Å². The van der Waals surface area contributed by atoms with E-state index in [0.29, 0.717) is 43.7 Å². The highest BCUT2D eigenvalue weighted by Crippen LogP contribution is 2.66. The lowest BCUT2D eigenvalue weighted by Crippen LogP contribution is -2.56. The van der Waals surface area contributed by atoms with E-state index < -0.39 is 16.5 Å². The third-order valence-electron chi connectivity index (χ3n) is 8.17. The molecule has 1 aliphatic heterocycles. The molecular formula is C21H33F2N3O2S. The molecule has 8 heteroatoms. The number of pyridine rings is 1. The van der Waals surface area contributed by atoms with E-state index >= 15 is 0 Å². The Morgan fingerprint density at radius 2 is 1.97 bits per heavy atom. The summed E-state index contributed by atoms with van der Waals surface area (Å²) in [5.74, 6) is 1.78. The molecular weight excluding hydrogens is 396 g/mol. The minimum atomic E-state index is -2.60. The highest BCUT2D eigenvalue weighted by Gasteiger charge is 2.64. The zero-order valence-electron chi connectivity index (χ0n) is 17.5. The molecule has 0 aromatic carbocycles. The van der Waals surface area contributed by atoms with Gasteiger partial charge in [-0.2, -0.15) is 0 Å². The lowest BCUT2D eigenvalue weighted by molar-refractivity contribution is 0.0149. The monoisotopic (exact) mass is 429 g/mol. The normalized spacial score (nSPS) is 32.9. The van der Waals surface area contributed by atoms with Crippen molar-refractivity contribution in [2.24, 2.45) is 16.7 Å². The van der Waals surface area contributed by atoms with Crippen molar-refractivity contribution in [2.45, 2.75) is 45.6 Å². The van der Waals surface area contributed by atoms with Gasteiger partial charge in [-0.1, -0.05) is 24.0 Å². The molecule has 1 N–H and O–H groups in total. The molecule has 4 rings (SSSR count). The Morgan fingerprint density at radius 3 is 2.45 bits per heavy atom. The number of thiol groups is 1. The summed E-state index contributed by atoms with van der Waals surface area (Å²) >= 11 is 0. The number of fused-ring (bicyclic) bond motifs is 2. The molecule has 3 aliphatic rings. The van der Waals surface area contributed by atoms with E-state index in [0.717, 1.165) is 19.3 Å². The molecule has 1 unspecified atom stereocenters. The predicted molar refractivity (Wildman–Crippen MR) is 113 cm³/mol. The number of halogens is 2. The van der Waals surface area contributed by atoms with Gasteiger partial charge in [0.05, 0.1) is 6.10 Å². The van der Waals surface area contributed by atoms with Gasteiger partial charge in [0.25, 0.3) is 6.43 Å². The van der Waals surface area contributed by atoms with E-state index in [1.54, 1.807) is 6.07 Å². The Balaban J connectivity index is 1.42. The van der Waals surface area contributed by atoms with E-state index in [2.05, 4.69) is 28.0 Å². The van der Waals surface area contributed by atoms with E-state index in [9.17, 15) is 18.1 Å². The summed E-state index contributed by atoms with van der Waals surface area (Å²) in [6, 6.07) is 3.06. The first kappa shape index (κ1) is 21.1. The molecule has 1 aromatic rings. The second-order valence-corrected chi connectivity index (χ2v) is 12.7. The highest BCUT2D eigenvalue weighted by atomic mass is 32.3. The first-order chi connectivity index (χ1) is 13.6. The van der Waals surface area contributed by atoms with Crippen molar-refractivity contribution in [2.75, 3.05) is 43.1 Å². The van der Waals surface area contributed by atoms with Crippen LogP contribution in [0, 0.1) is 16.7 Å². The van der Waals surface area contributed by atoms with Crippen LogP contribution in [0.1, 0.15) is 45.1 Å². The summed E-state index contributed by atoms with van der Waals surface area (Å²) < 4.78 is 41.4. The van der Waals surface area contributed by atoms with E-state index in [1.165, 1.54) is 12.3 Å². The van der Waals surface area contributed by atoms with Crippen molar-refractivity contribution >= 4 is 15.9 Å². The fourth-order valence-electron chi connectivity index (χ4n) is 6.10. The molecule has 164 valence electrons. The third kappa shape index (κ3) is 3.41. The van der Waals surface area contributed by atoms with Gasteiger partial charge in [-0.3, -0.25) is 4.21 Å². The van der Waals surface area contributed by atoms with Crippen molar-refractivity contribution < 1.29 is 18.1 Å². The van der Waals surface area contributed by atoms with Gasteiger partial charge in [0, 0.05) is 55.4 Å². The number of aliphatic hydroxyl groups excluding tert-OH is 1. The van der Waals surface area contributed by atoms with Crippen LogP contribution < -0.4 is 4.90 Å². The quantitative estimate of drug-likeness (QED) is 0.707. The Kier molecular flexibility index (Phi) is 5.27. The number of piperazine rings is 1. The SMILES string of the molecule is CC1(C)[C@@H]2CC[C@@]1(C[SH](C)(=O)N1CCN(c3ccc(C(F)F)cn3)CC1)C(O)C2. The Hall–Kier alpha value is -1.12. The summed E-state index contributed by atoms with van der Waals surface area (Å²) in [7, 11) is -2.60. The van der Waals surface area contributed by atoms with Gasteiger partial charge in [-0.15, -0.1) is 0 Å². The molecule has 3 fully saturated rings. The number of aromatic nitrogens is 1. The van der Waals surface area contributed by atoms with Crippen LogP contribution in [0.4, 0.5) is 14.6 Å². The number of rotatable bonds is 5. The van der Waals surface area contributed by atoms with Crippen molar-refractivity contribution in [1.29, 1.82) is 0 Å². The maximum atomic E-state index is 13.8. The average molecular weight is 430 g/mol. The van der Waals surface area contributed by atoms with Gasteiger partial charge in [0.15, 0.2) is 0 Å².